The highest BCUT2D eigenvalue weighted by atomic mass is 19.1. The Morgan fingerprint density at radius 2 is 2.06 bits per heavy atom. The highest BCUT2D eigenvalue weighted by Gasteiger charge is 2.30. The van der Waals surface area contributed by atoms with Crippen LogP contribution in [0.2, 0.25) is 0 Å². The van der Waals surface area contributed by atoms with Gasteiger partial charge in [-0.2, -0.15) is 0 Å². The van der Waals surface area contributed by atoms with E-state index in [1.807, 2.05) is 12.3 Å². The molecule has 6 rings (SSSR count). The van der Waals surface area contributed by atoms with Crippen LogP contribution in [0, 0.1) is 5.82 Å². The lowest BCUT2D eigenvalue weighted by Gasteiger charge is -2.35. The summed E-state index contributed by atoms with van der Waals surface area (Å²) in [5, 5.41) is 6.80. The normalized spacial score (nSPS) is 17.2. The number of halogens is 1. The van der Waals surface area contributed by atoms with Gasteiger partial charge in [0.25, 0.3) is 0 Å². The third-order valence-electron chi connectivity index (χ3n) is 6.99. The summed E-state index contributed by atoms with van der Waals surface area (Å²) in [6.07, 6.45) is 5.20. The minimum Gasteiger partial charge on any atom is -0.486 e. The van der Waals surface area contributed by atoms with Crippen molar-refractivity contribution in [3.05, 3.63) is 59.0 Å². The number of anilines is 3. The molecule has 3 aromatic rings. The molecule has 3 heterocycles. The molecule has 0 atom stereocenters. The lowest BCUT2D eigenvalue weighted by molar-refractivity contribution is 0.287. The van der Waals surface area contributed by atoms with Crippen LogP contribution in [0.5, 0.6) is 5.75 Å². The van der Waals surface area contributed by atoms with Gasteiger partial charge in [0.2, 0.25) is 5.95 Å². The molecule has 0 bridgehead atoms. The zero-order valence-corrected chi connectivity index (χ0v) is 19.7. The average Bonchev–Trinajstić information content (AvgIpc) is 3.69. The summed E-state index contributed by atoms with van der Waals surface area (Å²) in [5.41, 5.74) is 7.11. The van der Waals surface area contributed by atoms with Gasteiger partial charge >= 0.3 is 0 Å². The second-order valence-corrected chi connectivity index (χ2v) is 9.75. The number of hydrogen-bond acceptors (Lipinski definition) is 6. The molecule has 0 saturated heterocycles. The molecular weight excluding hydrogens is 429 g/mol. The zero-order valence-electron chi connectivity index (χ0n) is 19.7. The van der Waals surface area contributed by atoms with Crippen LogP contribution in [-0.4, -0.2) is 35.7 Å². The molecule has 2 aromatic carbocycles. The van der Waals surface area contributed by atoms with Crippen LogP contribution in [0.3, 0.4) is 0 Å². The zero-order chi connectivity index (χ0) is 23.2. The summed E-state index contributed by atoms with van der Waals surface area (Å²) in [6.45, 7) is 7.37. The van der Waals surface area contributed by atoms with E-state index in [1.54, 1.807) is 6.07 Å². The van der Waals surface area contributed by atoms with E-state index in [0.29, 0.717) is 24.2 Å². The van der Waals surface area contributed by atoms with Crippen molar-refractivity contribution in [3.63, 3.8) is 0 Å². The van der Waals surface area contributed by atoms with Gasteiger partial charge in [-0.1, -0.05) is 6.07 Å². The summed E-state index contributed by atoms with van der Waals surface area (Å²) in [6, 6.07) is 10.3. The van der Waals surface area contributed by atoms with E-state index in [1.165, 1.54) is 11.1 Å². The third kappa shape index (κ3) is 3.98. The fraction of sp³-hybridized carbons (Fsp3) is 0.407. The molecule has 7 heteroatoms. The van der Waals surface area contributed by atoms with E-state index in [2.05, 4.69) is 52.6 Å². The number of nitrogens with zero attached hydrogens (tertiary/aromatic N) is 3. The molecule has 0 amide bonds. The van der Waals surface area contributed by atoms with Crippen molar-refractivity contribution in [2.45, 2.75) is 51.6 Å². The van der Waals surface area contributed by atoms with Crippen molar-refractivity contribution in [2.24, 2.45) is 0 Å². The molecule has 0 radical (unpaired) electrons. The number of nitrogens with one attached hydrogen (secondary N) is 2. The number of hydrogen-bond donors (Lipinski definition) is 2. The Bertz CT molecular complexity index is 1240. The first-order valence-electron chi connectivity index (χ1n) is 12.3. The van der Waals surface area contributed by atoms with E-state index in [4.69, 9.17) is 9.72 Å². The number of rotatable bonds is 5. The van der Waals surface area contributed by atoms with Crippen molar-refractivity contribution >= 4 is 17.3 Å². The van der Waals surface area contributed by atoms with Gasteiger partial charge in [0.1, 0.15) is 6.61 Å². The van der Waals surface area contributed by atoms with Crippen molar-refractivity contribution < 1.29 is 9.13 Å². The van der Waals surface area contributed by atoms with Crippen LogP contribution >= 0.6 is 0 Å². The van der Waals surface area contributed by atoms with Gasteiger partial charge in [-0.15, -0.1) is 0 Å². The third-order valence-corrected chi connectivity index (χ3v) is 6.99. The summed E-state index contributed by atoms with van der Waals surface area (Å²) < 4.78 is 20.9. The van der Waals surface area contributed by atoms with Gasteiger partial charge in [-0.05, 0) is 81.0 Å². The Morgan fingerprint density at radius 1 is 1.18 bits per heavy atom. The molecule has 1 fully saturated rings. The minimum atomic E-state index is -0.338. The quantitative estimate of drug-likeness (QED) is 0.550. The molecule has 0 spiro atoms. The smallest absolute Gasteiger partial charge is 0.227 e. The van der Waals surface area contributed by atoms with Crippen molar-refractivity contribution in [1.29, 1.82) is 0 Å². The number of ether oxygens (including phenoxy) is 1. The summed E-state index contributed by atoms with van der Waals surface area (Å²) in [7, 11) is 0. The topological polar surface area (TPSA) is 62.3 Å². The Labute approximate surface area is 199 Å². The van der Waals surface area contributed by atoms with E-state index in [9.17, 15) is 0 Å². The first kappa shape index (κ1) is 21.4. The maximum Gasteiger partial charge on any atom is 0.227 e. The molecule has 2 N–H and O–H groups in total. The Balaban J connectivity index is 1.39. The van der Waals surface area contributed by atoms with E-state index >= 15 is 4.39 Å². The molecule has 176 valence electrons. The SMILES string of the molecule is CC(C)N1CCOc2c(F)cc(-c3nc(Nc4ccc5c(c4)CNCC5)ncc3C3CC3)cc21. The molecule has 0 unspecified atom stereocenters. The largest absolute Gasteiger partial charge is 0.486 e. The molecule has 1 aliphatic carbocycles. The molecule has 1 aromatic heterocycles. The highest BCUT2D eigenvalue weighted by Crippen LogP contribution is 2.46. The van der Waals surface area contributed by atoms with Gasteiger partial charge < -0.3 is 20.3 Å². The first-order valence-corrected chi connectivity index (χ1v) is 12.3. The van der Waals surface area contributed by atoms with Crippen LogP contribution in [0.15, 0.2) is 36.5 Å². The second kappa shape index (κ2) is 8.55. The lowest BCUT2D eigenvalue weighted by atomic mass is 10.0. The molecule has 1 saturated carbocycles. The predicted octanol–water partition coefficient (Wildman–Crippen LogP) is 5.16. The maximum absolute atomic E-state index is 15.2. The second-order valence-electron chi connectivity index (χ2n) is 9.75. The molecule has 34 heavy (non-hydrogen) atoms. The molecular formula is C27H30FN5O. The van der Waals surface area contributed by atoms with Crippen molar-refractivity contribution in [2.75, 3.05) is 29.9 Å². The predicted molar refractivity (Wildman–Crippen MR) is 133 cm³/mol. The fourth-order valence-electron chi connectivity index (χ4n) is 5.04. The Kier molecular flexibility index (Phi) is 5.37. The molecule has 3 aliphatic rings. The first-order chi connectivity index (χ1) is 16.6. The Morgan fingerprint density at radius 3 is 2.88 bits per heavy atom. The Hall–Kier alpha value is -3.19. The monoisotopic (exact) mass is 459 g/mol. The van der Waals surface area contributed by atoms with Crippen molar-refractivity contribution in [3.8, 4) is 17.0 Å². The van der Waals surface area contributed by atoms with Gasteiger partial charge in [0.05, 0.1) is 17.9 Å². The van der Waals surface area contributed by atoms with Gasteiger partial charge in [-0.25, -0.2) is 14.4 Å². The van der Waals surface area contributed by atoms with E-state index < -0.39 is 0 Å². The van der Waals surface area contributed by atoms with Gasteiger partial charge in [-0.3, -0.25) is 0 Å². The number of aromatic nitrogens is 2. The average molecular weight is 460 g/mol. The van der Waals surface area contributed by atoms with E-state index in [-0.39, 0.29) is 11.9 Å². The van der Waals surface area contributed by atoms with Crippen LogP contribution in [-0.2, 0) is 13.0 Å². The van der Waals surface area contributed by atoms with Gasteiger partial charge in [0.15, 0.2) is 11.6 Å². The fourth-order valence-corrected chi connectivity index (χ4v) is 5.04. The summed E-state index contributed by atoms with van der Waals surface area (Å²) in [4.78, 5) is 11.7. The highest BCUT2D eigenvalue weighted by molar-refractivity contribution is 5.75. The number of benzene rings is 2. The minimum absolute atomic E-state index is 0.251. The van der Waals surface area contributed by atoms with E-state index in [0.717, 1.165) is 67.1 Å². The lowest BCUT2D eigenvalue weighted by Crippen LogP contribution is -2.38. The molecule has 2 aliphatic heterocycles. The van der Waals surface area contributed by atoms with Gasteiger partial charge in [0, 0.05) is 35.6 Å². The standard InChI is InChI=1S/C27H30FN5O/c1-16(2)33-9-10-34-26-23(28)12-19(13-24(26)33)25-22(18-3-4-18)15-30-27(32-25)31-21-6-5-17-7-8-29-14-20(17)11-21/h5-6,11-13,15-16,18,29H,3-4,7-10,14H2,1-2H3,(H,30,31,32). The molecule has 6 nitrogen and oxygen atoms in total. The number of fused-ring (bicyclic) bond motifs is 2. The van der Waals surface area contributed by atoms with Crippen LogP contribution in [0.25, 0.3) is 11.3 Å². The van der Waals surface area contributed by atoms with Crippen LogP contribution < -0.4 is 20.3 Å². The van der Waals surface area contributed by atoms with Crippen molar-refractivity contribution in [1.82, 2.24) is 15.3 Å². The van der Waals surface area contributed by atoms with Crippen LogP contribution in [0.4, 0.5) is 21.7 Å². The summed E-state index contributed by atoms with van der Waals surface area (Å²) >= 11 is 0. The summed E-state index contributed by atoms with van der Waals surface area (Å²) in [5.74, 6) is 0.968. The van der Waals surface area contributed by atoms with Crippen LogP contribution in [0.1, 0.15) is 49.3 Å². The maximum atomic E-state index is 15.2.